The van der Waals surface area contributed by atoms with Crippen molar-refractivity contribution < 1.29 is 27.6 Å². The fraction of sp³-hybridized carbons (Fsp3) is 0.136. The van der Waals surface area contributed by atoms with Gasteiger partial charge in [0, 0.05) is 11.6 Å². The lowest BCUT2D eigenvalue weighted by atomic mass is 10.1. The zero-order valence-electron chi connectivity index (χ0n) is 18.1. The van der Waals surface area contributed by atoms with Crippen LogP contribution in [0.5, 0.6) is 5.75 Å². The van der Waals surface area contributed by atoms with Crippen molar-refractivity contribution in [3.63, 3.8) is 0 Å². The summed E-state index contributed by atoms with van der Waals surface area (Å²) in [4.78, 5) is 27.7. The molecule has 2 heterocycles. The molecule has 13 heteroatoms. The molecule has 35 heavy (non-hydrogen) atoms. The highest BCUT2D eigenvalue weighted by molar-refractivity contribution is 6.37. The van der Waals surface area contributed by atoms with Gasteiger partial charge >= 0.3 is 6.18 Å². The first-order chi connectivity index (χ1) is 16.5. The molecule has 0 radical (unpaired) electrons. The normalized spacial score (nSPS) is 11.5. The second kappa shape index (κ2) is 8.87. The largest absolute Gasteiger partial charge is 0.497 e. The molecule has 0 aliphatic heterocycles. The third kappa shape index (κ3) is 4.60. The molecule has 1 amide bonds. The van der Waals surface area contributed by atoms with Gasteiger partial charge in [0.15, 0.2) is 17.0 Å². The SMILES string of the molecule is COc1cccc(-c2cc(C(F)(F)F)n3nc(C(=O)Nc4ccc(C)cc4[N+](=O)[O-])c(Cl)c3n2)c1. The summed E-state index contributed by atoms with van der Waals surface area (Å²) in [5, 5.41) is 16.9. The highest BCUT2D eigenvalue weighted by atomic mass is 35.5. The van der Waals surface area contributed by atoms with Crippen molar-refractivity contribution in [1.82, 2.24) is 14.6 Å². The number of fused-ring (bicyclic) bond motifs is 1. The van der Waals surface area contributed by atoms with Crippen LogP contribution in [0.4, 0.5) is 24.5 Å². The second-order valence-electron chi connectivity index (χ2n) is 7.39. The van der Waals surface area contributed by atoms with Crippen LogP contribution in [0.2, 0.25) is 5.02 Å². The van der Waals surface area contributed by atoms with Crippen LogP contribution in [-0.4, -0.2) is 32.5 Å². The Balaban J connectivity index is 1.85. The van der Waals surface area contributed by atoms with Crippen molar-refractivity contribution in [1.29, 1.82) is 0 Å². The standard InChI is InChI=1S/C22H15ClF3N5O4/c1-11-6-7-14(16(8-11)31(33)34)28-21(32)19-18(23)20-27-15(12-4-3-5-13(9-12)35-2)10-17(22(24,25)26)30(20)29-19/h3-10H,1-2H3,(H,28,32). The van der Waals surface area contributed by atoms with Crippen molar-refractivity contribution in [3.05, 3.63) is 80.6 Å². The number of nitro groups is 1. The fourth-order valence-corrected chi connectivity index (χ4v) is 3.59. The zero-order valence-corrected chi connectivity index (χ0v) is 18.8. The molecule has 0 unspecified atom stereocenters. The molecule has 4 aromatic rings. The summed E-state index contributed by atoms with van der Waals surface area (Å²) in [5.74, 6) is -0.638. The number of aryl methyl sites for hydroxylation is 1. The van der Waals surface area contributed by atoms with Crippen LogP contribution < -0.4 is 10.1 Å². The number of benzene rings is 2. The van der Waals surface area contributed by atoms with Crippen molar-refractivity contribution in [3.8, 4) is 17.0 Å². The highest BCUT2D eigenvalue weighted by Gasteiger charge is 2.37. The highest BCUT2D eigenvalue weighted by Crippen LogP contribution is 2.35. The van der Waals surface area contributed by atoms with Crippen molar-refractivity contribution in [2.75, 3.05) is 12.4 Å². The number of carbonyl (C=O) groups is 1. The number of aromatic nitrogens is 3. The molecule has 0 atom stereocenters. The Kier molecular flexibility index (Phi) is 6.07. The van der Waals surface area contributed by atoms with Gasteiger partial charge in [-0.25, -0.2) is 9.50 Å². The summed E-state index contributed by atoms with van der Waals surface area (Å²) in [5.41, 5.74) is -1.97. The summed E-state index contributed by atoms with van der Waals surface area (Å²) >= 11 is 6.25. The van der Waals surface area contributed by atoms with Crippen molar-refractivity contribution >= 4 is 34.5 Å². The van der Waals surface area contributed by atoms with E-state index in [2.05, 4.69) is 15.4 Å². The Bertz CT molecular complexity index is 1490. The van der Waals surface area contributed by atoms with Gasteiger partial charge in [0.2, 0.25) is 0 Å². The van der Waals surface area contributed by atoms with E-state index in [1.165, 1.54) is 37.4 Å². The fourth-order valence-electron chi connectivity index (χ4n) is 3.35. The molecule has 180 valence electrons. The molecule has 0 saturated carbocycles. The van der Waals surface area contributed by atoms with Crippen molar-refractivity contribution in [2.45, 2.75) is 13.1 Å². The number of nitrogens with one attached hydrogen (secondary N) is 1. The number of alkyl halides is 3. The molecule has 2 aromatic carbocycles. The minimum Gasteiger partial charge on any atom is -0.497 e. The first kappa shape index (κ1) is 24.0. The Morgan fingerprint density at radius 2 is 1.94 bits per heavy atom. The monoisotopic (exact) mass is 505 g/mol. The third-order valence-electron chi connectivity index (χ3n) is 5.00. The number of hydrogen-bond acceptors (Lipinski definition) is 6. The zero-order chi connectivity index (χ0) is 25.5. The van der Waals surface area contributed by atoms with Crippen LogP contribution >= 0.6 is 11.6 Å². The van der Waals surface area contributed by atoms with Crippen LogP contribution in [0.25, 0.3) is 16.9 Å². The topological polar surface area (TPSA) is 112 Å². The predicted molar refractivity (Wildman–Crippen MR) is 121 cm³/mol. The number of ether oxygens (including phenoxy) is 1. The minimum absolute atomic E-state index is 0.0772. The second-order valence-corrected chi connectivity index (χ2v) is 7.76. The van der Waals surface area contributed by atoms with Gasteiger partial charge in [0.1, 0.15) is 16.5 Å². The van der Waals surface area contributed by atoms with Crippen LogP contribution in [0.1, 0.15) is 21.7 Å². The molecule has 0 aliphatic carbocycles. The lowest BCUT2D eigenvalue weighted by Gasteiger charge is -2.11. The lowest BCUT2D eigenvalue weighted by Crippen LogP contribution is -2.16. The quantitative estimate of drug-likeness (QED) is 0.281. The van der Waals surface area contributed by atoms with Gasteiger partial charge in [-0.1, -0.05) is 29.8 Å². The van der Waals surface area contributed by atoms with Crippen LogP contribution in [0.3, 0.4) is 0 Å². The van der Waals surface area contributed by atoms with E-state index in [0.29, 0.717) is 21.4 Å². The van der Waals surface area contributed by atoms with Gasteiger partial charge in [-0.05, 0) is 36.8 Å². The van der Waals surface area contributed by atoms with Crippen LogP contribution in [0.15, 0.2) is 48.5 Å². The Morgan fingerprint density at radius 3 is 2.60 bits per heavy atom. The molecule has 0 spiro atoms. The van der Waals surface area contributed by atoms with E-state index in [1.807, 2.05) is 0 Å². The summed E-state index contributed by atoms with van der Waals surface area (Å²) in [6.07, 6.45) is -4.87. The maximum absolute atomic E-state index is 13.9. The van der Waals surface area contributed by atoms with Gasteiger partial charge in [-0.15, -0.1) is 0 Å². The molecular weight excluding hydrogens is 491 g/mol. The van der Waals surface area contributed by atoms with E-state index in [9.17, 15) is 28.1 Å². The molecule has 0 bridgehead atoms. The molecule has 0 fully saturated rings. The molecule has 1 N–H and O–H groups in total. The lowest BCUT2D eigenvalue weighted by molar-refractivity contribution is -0.384. The first-order valence-electron chi connectivity index (χ1n) is 9.87. The number of rotatable bonds is 5. The van der Waals surface area contributed by atoms with E-state index in [0.717, 1.165) is 6.07 Å². The van der Waals surface area contributed by atoms with E-state index >= 15 is 0 Å². The average molecular weight is 506 g/mol. The van der Waals surface area contributed by atoms with Crippen molar-refractivity contribution in [2.24, 2.45) is 0 Å². The molecule has 4 rings (SSSR count). The van der Waals surface area contributed by atoms with E-state index in [-0.39, 0.29) is 11.4 Å². The average Bonchev–Trinajstić information content (AvgIpc) is 3.15. The number of anilines is 1. The van der Waals surface area contributed by atoms with E-state index in [1.54, 1.807) is 19.1 Å². The minimum atomic E-state index is -4.87. The maximum Gasteiger partial charge on any atom is 0.433 e. The van der Waals surface area contributed by atoms with Gasteiger partial charge in [-0.2, -0.15) is 18.3 Å². The first-order valence-corrected chi connectivity index (χ1v) is 10.2. The van der Waals surface area contributed by atoms with Gasteiger partial charge in [0.05, 0.1) is 17.7 Å². The maximum atomic E-state index is 13.9. The number of hydrogen-bond donors (Lipinski definition) is 1. The number of carbonyl (C=O) groups excluding carboxylic acids is 1. The molecule has 9 nitrogen and oxygen atoms in total. The van der Waals surface area contributed by atoms with Gasteiger partial charge in [0.25, 0.3) is 11.6 Å². The van der Waals surface area contributed by atoms with Gasteiger partial charge in [-0.3, -0.25) is 14.9 Å². The summed E-state index contributed by atoms with van der Waals surface area (Å²) in [6.45, 7) is 1.63. The summed E-state index contributed by atoms with van der Waals surface area (Å²) in [7, 11) is 1.41. The Morgan fingerprint density at radius 1 is 1.20 bits per heavy atom. The smallest absolute Gasteiger partial charge is 0.433 e. The predicted octanol–water partition coefficient (Wildman–Crippen LogP) is 5.55. The van der Waals surface area contributed by atoms with E-state index < -0.39 is 44.8 Å². The Hall–Kier alpha value is -4.19. The molecule has 2 aromatic heterocycles. The summed E-state index contributed by atoms with van der Waals surface area (Å²) in [6, 6.07) is 11.1. The third-order valence-corrected chi connectivity index (χ3v) is 5.35. The van der Waals surface area contributed by atoms with Crippen LogP contribution in [-0.2, 0) is 6.18 Å². The molecule has 0 aliphatic rings. The number of nitrogens with zero attached hydrogens (tertiary/aromatic N) is 4. The van der Waals surface area contributed by atoms with Gasteiger partial charge < -0.3 is 10.1 Å². The number of halogens is 4. The van der Waals surface area contributed by atoms with E-state index in [4.69, 9.17) is 16.3 Å². The molecule has 0 saturated heterocycles. The summed E-state index contributed by atoms with van der Waals surface area (Å²) < 4.78 is 47.2. The number of methoxy groups -OCH3 is 1. The number of amides is 1. The van der Waals surface area contributed by atoms with Crippen LogP contribution in [0, 0.1) is 17.0 Å². The number of nitro benzene ring substituents is 1. The molecular formula is C22H15ClF3N5O4. The Labute approximate surface area is 200 Å².